The number of carboxylic acid groups (broad SMARTS) is 1. The van der Waals surface area contributed by atoms with Crippen LogP contribution < -0.4 is 15.0 Å². The highest BCUT2D eigenvalue weighted by atomic mass is 35.5. The molecule has 0 bridgehead atoms. The number of pyridine rings is 1. The van der Waals surface area contributed by atoms with Crippen LogP contribution in [0.5, 0.6) is 5.75 Å². The van der Waals surface area contributed by atoms with Crippen LogP contribution in [-0.2, 0) is 4.74 Å². The number of anilines is 1. The number of rotatable bonds is 9. The molecule has 2 N–H and O–H groups in total. The summed E-state index contributed by atoms with van der Waals surface area (Å²) < 4.78 is 17.2. The quantitative estimate of drug-likeness (QED) is 0.182. The number of thiocarbonyl (C=S) groups is 1. The molecule has 1 fully saturated rings. The Morgan fingerprint density at radius 2 is 2.00 bits per heavy atom. The highest BCUT2D eigenvalue weighted by Crippen LogP contribution is 2.44. The van der Waals surface area contributed by atoms with E-state index in [4.69, 9.17) is 37.7 Å². The first-order chi connectivity index (χ1) is 18.9. The zero-order valence-corrected chi connectivity index (χ0v) is 22.8. The highest BCUT2D eigenvalue weighted by molar-refractivity contribution is 7.80. The van der Waals surface area contributed by atoms with Gasteiger partial charge in [-0.3, -0.25) is 4.98 Å². The first kappa shape index (κ1) is 26.7. The summed E-state index contributed by atoms with van der Waals surface area (Å²) in [5, 5.41) is 13.7. The van der Waals surface area contributed by atoms with E-state index in [-0.39, 0.29) is 17.6 Å². The molecule has 4 aromatic rings. The van der Waals surface area contributed by atoms with Gasteiger partial charge >= 0.3 is 5.97 Å². The minimum atomic E-state index is -0.974. The summed E-state index contributed by atoms with van der Waals surface area (Å²) in [5.41, 5.74) is 3.39. The van der Waals surface area contributed by atoms with E-state index < -0.39 is 5.97 Å². The van der Waals surface area contributed by atoms with Crippen LogP contribution in [0, 0.1) is 6.92 Å². The van der Waals surface area contributed by atoms with Gasteiger partial charge < -0.3 is 29.2 Å². The predicted molar refractivity (Wildman–Crippen MR) is 153 cm³/mol. The molecule has 3 heterocycles. The number of hydrogen-bond donors (Lipinski definition) is 2. The summed E-state index contributed by atoms with van der Waals surface area (Å²) in [4.78, 5) is 17.9. The number of nitrogens with zero attached hydrogens (tertiary/aromatic N) is 2. The number of furan rings is 1. The maximum absolute atomic E-state index is 11.4. The number of aryl methyl sites for hydroxylation is 1. The molecule has 39 heavy (non-hydrogen) atoms. The molecule has 0 unspecified atom stereocenters. The maximum atomic E-state index is 11.4. The van der Waals surface area contributed by atoms with Crippen LogP contribution >= 0.6 is 23.8 Å². The lowest BCUT2D eigenvalue weighted by Gasteiger charge is -2.26. The standard InChI is InChI=1S/C29H26ClN3O5S/c1-17-15-18(28(34)35)6-8-20(17)23-10-11-25(38-23)27-26(22-5-3-4-12-31-22)32-29(39)33(27)19-7-9-24(21(30)16-19)37-14-13-36-2/h3-12,15-16,26-27H,13-14H2,1-2H3,(H,32,39)(H,34,35)/t26-,27-/m0/s1. The van der Waals surface area contributed by atoms with Crippen LogP contribution in [0.3, 0.4) is 0 Å². The normalized spacial score (nSPS) is 16.8. The van der Waals surface area contributed by atoms with Gasteiger partial charge in [-0.15, -0.1) is 0 Å². The van der Waals surface area contributed by atoms with Gasteiger partial charge in [0.05, 0.1) is 28.9 Å². The summed E-state index contributed by atoms with van der Waals surface area (Å²) >= 11 is 12.4. The average Bonchev–Trinajstić information content (AvgIpc) is 3.54. The highest BCUT2D eigenvalue weighted by Gasteiger charge is 2.42. The van der Waals surface area contributed by atoms with Gasteiger partial charge in [-0.25, -0.2) is 4.79 Å². The van der Waals surface area contributed by atoms with E-state index in [2.05, 4.69) is 10.3 Å². The molecule has 5 rings (SSSR count). The van der Waals surface area contributed by atoms with Crippen molar-refractivity contribution in [1.29, 1.82) is 0 Å². The molecule has 10 heteroatoms. The first-order valence-electron chi connectivity index (χ1n) is 12.2. The van der Waals surface area contributed by atoms with Gasteiger partial charge in [-0.1, -0.05) is 23.7 Å². The minimum absolute atomic E-state index is 0.223. The van der Waals surface area contributed by atoms with E-state index in [9.17, 15) is 9.90 Å². The van der Waals surface area contributed by atoms with Gasteiger partial charge in [0.1, 0.15) is 29.9 Å². The zero-order chi connectivity index (χ0) is 27.5. The first-order valence-corrected chi connectivity index (χ1v) is 13.0. The SMILES string of the molecule is COCCOc1ccc(N2C(=S)N[C@@H](c3ccccn3)[C@@H]2c2ccc(-c3ccc(C(=O)O)cc3C)o2)cc1Cl. The van der Waals surface area contributed by atoms with Gasteiger partial charge in [-0.2, -0.15) is 0 Å². The largest absolute Gasteiger partial charge is 0.490 e. The second kappa shape index (κ2) is 11.4. The van der Waals surface area contributed by atoms with Crippen molar-refractivity contribution in [2.24, 2.45) is 0 Å². The van der Waals surface area contributed by atoms with Crippen molar-refractivity contribution >= 4 is 40.6 Å². The number of carbonyl (C=O) groups is 1. The minimum Gasteiger partial charge on any atom is -0.490 e. The number of carboxylic acids is 1. The van der Waals surface area contributed by atoms with E-state index in [1.807, 2.05) is 60.4 Å². The lowest BCUT2D eigenvalue weighted by atomic mass is 10.0. The van der Waals surface area contributed by atoms with Gasteiger partial charge in [-0.05, 0) is 79.3 Å². The van der Waals surface area contributed by atoms with Crippen LogP contribution in [-0.4, -0.2) is 41.5 Å². The van der Waals surface area contributed by atoms with Crippen LogP contribution in [0.4, 0.5) is 5.69 Å². The molecule has 2 atom stereocenters. The number of aromatic nitrogens is 1. The second-order valence-electron chi connectivity index (χ2n) is 8.99. The van der Waals surface area contributed by atoms with Gasteiger partial charge in [0, 0.05) is 24.6 Å². The topological polar surface area (TPSA) is 97.1 Å². The summed E-state index contributed by atoms with van der Waals surface area (Å²) in [5.74, 6) is 0.857. The number of ether oxygens (including phenoxy) is 2. The molecule has 1 aliphatic heterocycles. The third kappa shape index (κ3) is 5.47. The van der Waals surface area contributed by atoms with E-state index in [1.54, 1.807) is 31.5 Å². The van der Waals surface area contributed by atoms with E-state index >= 15 is 0 Å². The summed E-state index contributed by atoms with van der Waals surface area (Å²) in [6.07, 6.45) is 1.74. The van der Waals surface area contributed by atoms with Crippen molar-refractivity contribution in [3.8, 4) is 17.1 Å². The van der Waals surface area contributed by atoms with Gasteiger partial charge in [0.25, 0.3) is 0 Å². The molecule has 2 aromatic heterocycles. The van der Waals surface area contributed by atoms with E-state index in [1.165, 1.54) is 0 Å². The third-order valence-corrected chi connectivity index (χ3v) is 7.10. The molecule has 200 valence electrons. The average molecular weight is 564 g/mol. The Hall–Kier alpha value is -3.92. The van der Waals surface area contributed by atoms with Crippen molar-refractivity contribution in [3.05, 3.63) is 101 Å². The molecular formula is C29H26ClN3O5S. The van der Waals surface area contributed by atoms with E-state index in [0.29, 0.717) is 40.6 Å². The molecular weight excluding hydrogens is 538 g/mol. The van der Waals surface area contributed by atoms with Crippen molar-refractivity contribution in [2.75, 3.05) is 25.2 Å². The molecule has 0 amide bonds. The molecule has 1 aliphatic rings. The Morgan fingerprint density at radius 1 is 1.15 bits per heavy atom. The summed E-state index contributed by atoms with van der Waals surface area (Å²) in [7, 11) is 1.61. The van der Waals surface area contributed by atoms with Gasteiger partial charge in [0.15, 0.2) is 5.11 Å². The number of methoxy groups -OCH3 is 1. The molecule has 0 aliphatic carbocycles. The number of nitrogens with one attached hydrogen (secondary N) is 1. The lowest BCUT2D eigenvalue weighted by molar-refractivity contribution is 0.0696. The number of aromatic carboxylic acids is 1. The Morgan fingerprint density at radius 3 is 2.69 bits per heavy atom. The third-order valence-electron chi connectivity index (χ3n) is 6.49. The van der Waals surface area contributed by atoms with Crippen LogP contribution in [0.25, 0.3) is 11.3 Å². The second-order valence-corrected chi connectivity index (χ2v) is 9.78. The Bertz CT molecular complexity index is 1510. The Balaban J connectivity index is 1.53. The van der Waals surface area contributed by atoms with Crippen molar-refractivity contribution < 1.29 is 23.8 Å². The molecule has 8 nitrogen and oxygen atoms in total. The molecule has 0 spiro atoms. The van der Waals surface area contributed by atoms with E-state index in [0.717, 1.165) is 22.5 Å². The summed E-state index contributed by atoms with van der Waals surface area (Å²) in [6.45, 7) is 2.69. The van der Waals surface area contributed by atoms with Gasteiger partial charge in [0.2, 0.25) is 0 Å². The van der Waals surface area contributed by atoms with Crippen molar-refractivity contribution in [3.63, 3.8) is 0 Å². The number of hydrogen-bond acceptors (Lipinski definition) is 6. The lowest BCUT2D eigenvalue weighted by Crippen LogP contribution is -2.29. The Kier molecular flexibility index (Phi) is 7.83. The fourth-order valence-corrected chi connectivity index (χ4v) is 5.22. The van der Waals surface area contributed by atoms with Crippen LogP contribution in [0.15, 0.2) is 77.3 Å². The van der Waals surface area contributed by atoms with Crippen LogP contribution in [0.2, 0.25) is 5.02 Å². The molecule has 2 aromatic carbocycles. The predicted octanol–water partition coefficient (Wildman–Crippen LogP) is 6.20. The van der Waals surface area contributed by atoms with Crippen molar-refractivity contribution in [1.82, 2.24) is 10.3 Å². The Labute approximate surface area is 236 Å². The molecule has 1 saturated heterocycles. The smallest absolute Gasteiger partial charge is 0.335 e. The van der Waals surface area contributed by atoms with Crippen LogP contribution in [0.1, 0.15) is 39.5 Å². The fourth-order valence-electron chi connectivity index (χ4n) is 4.64. The number of halogens is 1. The monoisotopic (exact) mass is 563 g/mol. The number of benzene rings is 2. The zero-order valence-electron chi connectivity index (χ0n) is 21.3. The maximum Gasteiger partial charge on any atom is 0.335 e. The summed E-state index contributed by atoms with van der Waals surface area (Å²) in [6, 6.07) is 19.3. The molecule has 0 radical (unpaired) electrons. The molecule has 0 saturated carbocycles. The van der Waals surface area contributed by atoms with Crippen molar-refractivity contribution in [2.45, 2.75) is 19.0 Å². The fraction of sp³-hybridized carbons (Fsp3) is 0.207.